The second kappa shape index (κ2) is 4.48. The maximum absolute atomic E-state index is 5.78. The first kappa shape index (κ1) is 12.4. The van der Waals surface area contributed by atoms with Gasteiger partial charge in [-0.2, -0.15) is 0 Å². The van der Waals surface area contributed by atoms with Crippen LogP contribution in [0.2, 0.25) is 13.1 Å². The smallest absolute Gasteiger partial charge is 0.218 e. The predicted octanol–water partition coefficient (Wildman–Crippen LogP) is 4.05. The minimum atomic E-state index is -1.81. The zero-order valence-electron chi connectivity index (χ0n) is 11.6. The van der Waals surface area contributed by atoms with Crippen molar-refractivity contribution in [2.75, 3.05) is 7.11 Å². The summed E-state index contributed by atoms with van der Waals surface area (Å²) in [5.41, 5.74) is 0. The first-order chi connectivity index (χ1) is 9.12. The Balaban J connectivity index is 2.38. The van der Waals surface area contributed by atoms with Crippen molar-refractivity contribution in [1.82, 2.24) is 0 Å². The van der Waals surface area contributed by atoms with Crippen LogP contribution < -0.4 is 5.19 Å². The summed E-state index contributed by atoms with van der Waals surface area (Å²) >= 11 is 0. The van der Waals surface area contributed by atoms with Gasteiger partial charge < -0.3 is 4.43 Å². The third-order valence-electron chi connectivity index (χ3n) is 3.91. The Kier molecular flexibility index (Phi) is 2.92. The van der Waals surface area contributed by atoms with Crippen LogP contribution in [0, 0.1) is 0 Å². The van der Waals surface area contributed by atoms with Crippen molar-refractivity contribution in [1.29, 1.82) is 0 Å². The normalized spacial score (nSPS) is 12.2. The lowest BCUT2D eigenvalue weighted by atomic mass is 10.0. The fourth-order valence-corrected chi connectivity index (χ4v) is 4.18. The first-order valence-electron chi connectivity index (χ1n) is 6.59. The molecule has 0 aliphatic carbocycles. The van der Waals surface area contributed by atoms with Gasteiger partial charge in [0.25, 0.3) is 0 Å². The summed E-state index contributed by atoms with van der Waals surface area (Å²) in [7, 11) is 0.0203. The van der Waals surface area contributed by atoms with Gasteiger partial charge in [0.15, 0.2) is 0 Å². The van der Waals surface area contributed by atoms with Crippen LogP contribution in [0.3, 0.4) is 0 Å². The van der Waals surface area contributed by atoms with Crippen molar-refractivity contribution in [3.8, 4) is 0 Å². The average molecular weight is 266 g/mol. The van der Waals surface area contributed by atoms with E-state index in [1.165, 1.54) is 26.7 Å². The topological polar surface area (TPSA) is 9.23 Å². The molecule has 3 rings (SSSR count). The highest BCUT2D eigenvalue weighted by molar-refractivity contribution is 6.86. The Morgan fingerprint density at radius 2 is 1.42 bits per heavy atom. The summed E-state index contributed by atoms with van der Waals surface area (Å²) in [6.07, 6.45) is 0. The fraction of sp³-hybridized carbons (Fsp3) is 0.176. The van der Waals surface area contributed by atoms with Gasteiger partial charge in [-0.3, -0.25) is 0 Å². The van der Waals surface area contributed by atoms with E-state index in [-0.39, 0.29) is 0 Å². The summed E-state index contributed by atoms with van der Waals surface area (Å²) in [6, 6.07) is 19.6. The summed E-state index contributed by atoms with van der Waals surface area (Å²) in [6.45, 7) is 4.49. The van der Waals surface area contributed by atoms with Crippen LogP contribution in [-0.4, -0.2) is 15.4 Å². The molecule has 0 aliphatic rings. The van der Waals surface area contributed by atoms with Crippen LogP contribution in [0.5, 0.6) is 0 Å². The van der Waals surface area contributed by atoms with Crippen molar-refractivity contribution in [3.05, 3.63) is 54.6 Å². The molecule has 19 heavy (non-hydrogen) atoms. The average Bonchev–Trinajstić information content (AvgIpc) is 2.44. The SMILES string of the molecule is CO[Si](C)(C)c1cccc2cc3ccccc3cc12. The molecule has 0 bridgehead atoms. The van der Waals surface area contributed by atoms with Gasteiger partial charge in [-0.15, -0.1) is 0 Å². The first-order valence-corrected chi connectivity index (χ1v) is 9.50. The van der Waals surface area contributed by atoms with Crippen LogP contribution >= 0.6 is 0 Å². The molecule has 2 heteroatoms. The molecule has 0 aliphatic heterocycles. The van der Waals surface area contributed by atoms with Crippen molar-refractivity contribution < 1.29 is 4.43 Å². The molecule has 1 nitrogen and oxygen atoms in total. The summed E-state index contributed by atoms with van der Waals surface area (Å²) < 4.78 is 5.78. The van der Waals surface area contributed by atoms with E-state index < -0.39 is 8.32 Å². The van der Waals surface area contributed by atoms with Gasteiger partial charge in [-0.05, 0) is 52.0 Å². The third-order valence-corrected chi connectivity index (χ3v) is 6.66. The molecule has 3 aromatic rings. The molecule has 0 unspecified atom stereocenters. The van der Waals surface area contributed by atoms with Crippen molar-refractivity contribution in [3.63, 3.8) is 0 Å². The molecule has 0 saturated carbocycles. The molecular formula is C17H18OSi. The lowest BCUT2D eigenvalue weighted by Gasteiger charge is -2.22. The van der Waals surface area contributed by atoms with Crippen molar-refractivity contribution >= 4 is 35.0 Å². The second-order valence-corrected chi connectivity index (χ2v) is 9.41. The Morgan fingerprint density at radius 1 is 0.789 bits per heavy atom. The van der Waals surface area contributed by atoms with Crippen LogP contribution in [0.1, 0.15) is 0 Å². The molecule has 0 aromatic heterocycles. The Hall–Kier alpha value is -1.64. The third kappa shape index (κ3) is 2.07. The summed E-state index contributed by atoms with van der Waals surface area (Å²) in [5, 5.41) is 6.60. The minimum Gasteiger partial charge on any atom is -0.416 e. The highest BCUT2D eigenvalue weighted by Gasteiger charge is 2.25. The molecule has 0 saturated heterocycles. The van der Waals surface area contributed by atoms with E-state index >= 15 is 0 Å². The zero-order chi connectivity index (χ0) is 13.5. The van der Waals surface area contributed by atoms with Gasteiger partial charge in [-0.25, -0.2) is 0 Å². The summed E-state index contributed by atoms with van der Waals surface area (Å²) in [4.78, 5) is 0. The van der Waals surface area contributed by atoms with Gasteiger partial charge in [0, 0.05) is 7.11 Å². The molecule has 0 N–H and O–H groups in total. The lowest BCUT2D eigenvalue weighted by Crippen LogP contribution is -2.44. The van der Waals surface area contributed by atoms with Crippen LogP contribution in [0.25, 0.3) is 21.5 Å². The number of hydrogen-bond donors (Lipinski definition) is 0. The number of rotatable bonds is 2. The van der Waals surface area contributed by atoms with Crippen molar-refractivity contribution in [2.24, 2.45) is 0 Å². The molecule has 0 atom stereocenters. The van der Waals surface area contributed by atoms with Gasteiger partial charge >= 0.3 is 0 Å². The van der Waals surface area contributed by atoms with E-state index in [4.69, 9.17) is 4.43 Å². The van der Waals surface area contributed by atoms with Crippen LogP contribution in [-0.2, 0) is 4.43 Å². The molecule has 0 heterocycles. The Labute approximate surface area is 115 Å². The molecule has 3 aromatic carbocycles. The zero-order valence-corrected chi connectivity index (χ0v) is 12.6. The van der Waals surface area contributed by atoms with E-state index in [9.17, 15) is 0 Å². The van der Waals surface area contributed by atoms with Crippen LogP contribution in [0.4, 0.5) is 0 Å². The van der Waals surface area contributed by atoms with E-state index in [1.807, 2.05) is 7.11 Å². The second-order valence-electron chi connectivity index (χ2n) is 5.44. The van der Waals surface area contributed by atoms with Gasteiger partial charge in [0.1, 0.15) is 0 Å². The monoisotopic (exact) mass is 266 g/mol. The van der Waals surface area contributed by atoms with Gasteiger partial charge in [0.05, 0.1) is 0 Å². The predicted molar refractivity (Wildman–Crippen MR) is 85.6 cm³/mol. The molecule has 96 valence electrons. The maximum atomic E-state index is 5.78. The van der Waals surface area contributed by atoms with E-state index in [0.29, 0.717) is 0 Å². The van der Waals surface area contributed by atoms with E-state index in [2.05, 4.69) is 67.7 Å². The maximum Gasteiger partial charge on any atom is 0.218 e. The number of hydrogen-bond acceptors (Lipinski definition) is 1. The van der Waals surface area contributed by atoms with E-state index in [1.54, 1.807) is 0 Å². The van der Waals surface area contributed by atoms with E-state index in [0.717, 1.165) is 0 Å². The Bertz CT molecular complexity index is 746. The Morgan fingerprint density at radius 3 is 2.11 bits per heavy atom. The summed E-state index contributed by atoms with van der Waals surface area (Å²) in [5.74, 6) is 0. The largest absolute Gasteiger partial charge is 0.416 e. The molecule has 0 spiro atoms. The minimum absolute atomic E-state index is 1.29. The fourth-order valence-electron chi connectivity index (χ4n) is 2.60. The molecule has 0 amide bonds. The van der Waals surface area contributed by atoms with Gasteiger partial charge in [0.2, 0.25) is 8.32 Å². The molecule has 0 fully saturated rings. The number of fused-ring (bicyclic) bond motifs is 2. The molecular weight excluding hydrogens is 248 g/mol. The quantitative estimate of drug-likeness (QED) is 0.502. The standard InChI is InChI=1S/C17H18OSi/c1-18-19(2,3)17-10-6-9-15-11-13-7-4-5-8-14(13)12-16(15)17/h4-12H,1-3H3. The number of benzene rings is 3. The van der Waals surface area contributed by atoms with Crippen LogP contribution in [0.15, 0.2) is 54.6 Å². The highest BCUT2D eigenvalue weighted by atomic mass is 28.4. The molecule has 0 radical (unpaired) electrons. The lowest BCUT2D eigenvalue weighted by molar-refractivity contribution is 0.416. The van der Waals surface area contributed by atoms with Crippen molar-refractivity contribution in [2.45, 2.75) is 13.1 Å². The van der Waals surface area contributed by atoms with Gasteiger partial charge in [-0.1, -0.05) is 42.5 Å². The highest BCUT2D eigenvalue weighted by Crippen LogP contribution is 2.23.